The van der Waals surface area contributed by atoms with Crippen LogP contribution in [0.5, 0.6) is 0 Å². The number of halogens is 4. The van der Waals surface area contributed by atoms with E-state index in [0.29, 0.717) is 24.4 Å². The molecule has 2 aromatic heterocycles. The van der Waals surface area contributed by atoms with Crippen molar-refractivity contribution in [2.75, 3.05) is 11.9 Å². The first kappa shape index (κ1) is 19.4. The van der Waals surface area contributed by atoms with E-state index in [1.54, 1.807) is 0 Å². The van der Waals surface area contributed by atoms with Gasteiger partial charge in [-0.1, -0.05) is 12.8 Å². The standard InChI is InChI=1S/C20H19F4N5/c21-15-7-5-14(6-8-15)17-18(29(12-27-17)20(22,23)24)16-9-10-25-19(28-16)26-11-13-3-1-2-4-13/h5-10,12-13H,1-4,11H2,(H,25,26,28). The second-order valence-corrected chi connectivity index (χ2v) is 7.08. The fraction of sp³-hybridized carbons (Fsp3) is 0.350. The number of nitrogens with zero attached hydrogens (tertiary/aromatic N) is 4. The van der Waals surface area contributed by atoms with Crippen LogP contribution in [0, 0.1) is 11.7 Å². The second-order valence-electron chi connectivity index (χ2n) is 7.08. The van der Waals surface area contributed by atoms with E-state index >= 15 is 0 Å². The Morgan fingerprint density at radius 3 is 2.45 bits per heavy atom. The van der Waals surface area contributed by atoms with E-state index in [4.69, 9.17) is 0 Å². The van der Waals surface area contributed by atoms with Gasteiger partial charge in [0.2, 0.25) is 5.95 Å². The first-order chi connectivity index (χ1) is 13.9. The van der Waals surface area contributed by atoms with Gasteiger partial charge in [0.25, 0.3) is 0 Å². The van der Waals surface area contributed by atoms with Gasteiger partial charge in [-0.2, -0.15) is 0 Å². The van der Waals surface area contributed by atoms with Crippen LogP contribution in [0.1, 0.15) is 25.7 Å². The van der Waals surface area contributed by atoms with Crippen LogP contribution in [0.15, 0.2) is 42.9 Å². The number of benzene rings is 1. The zero-order valence-electron chi connectivity index (χ0n) is 15.5. The van der Waals surface area contributed by atoms with Crippen molar-refractivity contribution in [3.05, 3.63) is 48.7 Å². The molecule has 0 radical (unpaired) electrons. The lowest BCUT2D eigenvalue weighted by Gasteiger charge is -2.14. The molecular weight excluding hydrogens is 386 g/mol. The van der Waals surface area contributed by atoms with Crippen LogP contribution in [-0.4, -0.2) is 26.1 Å². The summed E-state index contributed by atoms with van der Waals surface area (Å²) in [5.41, 5.74) is 0.310. The lowest BCUT2D eigenvalue weighted by atomic mass is 10.1. The number of hydrogen-bond acceptors (Lipinski definition) is 4. The number of anilines is 1. The molecule has 0 spiro atoms. The van der Waals surface area contributed by atoms with Crippen molar-refractivity contribution in [1.82, 2.24) is 19.5 Å². The molecule has 0 aliphatic heterocycles. The minimum Gasteiger partial charge on any atom is -0.354 e. The van der Waals surface area contributed by atoms with Crippen LogP contribution in [0.2, 0.25) is 0 Å². The number of alkyl halides is 3. The third-order valence-corrected chi connectivity index (χ3v) is 5.08. The number of aromatic nitrogens is 4. The molecule has 5 nitrogen and oxygen atoms in total. The summed E-state index contributed by atoms with van der Waals surface area (Å²) in [5, 5.41) is 3.13. The lowest BCUT2D eigenvalue weighted by Crippen LogP contribution is -2.17. The van der Waals surface area contributed by atoms with Crippen LogP contribution in [0.25, 0.3) is 22.6 Å². The van der Waals surface area contributed by atoms with Gasteiger partial charge in [0.15, 0.2) is 0 Å². The number of rotatable bonds is 5. The molecule has 3 aromatic rings. The fourth-order valence-corrected chi connectivity index (χ4v) is 3.63. The van der Waals surface area contributed by atoms with Crippen molar-refractivity contribution >= 4 is 5.95 Å². The maximum atomic E-state index is 13.6. The molecular formula is C20H19F4N5. The van der Waals surface area contributed by atoms with E-state index in [1.165, 1.54) is 49.4 Å². The van der Waals surface area contributed by atoms with E-state index < -0.39 is 12.1 Å². The summed E-state index contributed by atoms with van der Waals surface area (Å²) in [5.74, 6) is 0.318. The molecule has 1 saturated carbocycles. The van der Waals surface area contributed by atoms with E-state index in [0.717, 1.165) is 12.8 Å². The molecule has 2 heterocycles. The van der Waals surface area contributed by atoms with Gasteiger partial charge >= 0.3 is 6.30 Å². The molecule has 0 saturated heterocycles. The minimum absolute atomic E-state index is 0.0720. The van der Waals surface area contributed by atoms with Gasteiger partial charge in [-0.3, -0.25) is 0 Å². The molecule has 0 amide bonds. The summed E-state index contributed by atoms with van der Waals surface area (Å²) in [6.07, 6.45) is 2.09. The monoisotopic (exact) mass is 405 g/mol. The van der Waals surface area contributed by atoms with Crippen LogP contribution < -0.4 is 5.32 Å². The maximum Gasteiger partial charge on any atom is 0.490 e. The fourth-order valence-electron chi connectivity index (χ4n) is 3.63. The minimum atomic E-state index is -4.68. The van der Waals surface area contributed by atoms with Gasteiger partial charge in [0, 0.05) is 18.3 Å². The topological polar surface area (TPSA) is 55.6 Å². The van der Waals surface area contributed by atoms with E-state index in [2.05, 4.69) is 20.3 Å². The number of imidazole rings is 1. The molecule has 0 unspecified atom stereocenters. The highest BCUT2D eigenvalue weighted by atomic mass is 19.4. The Morgan fingerprint density at radius 2 is 1.76 bits per heavy atom. The van der Waals surface area contributed by atoms with Crippen LogP contribution in [-0.2, 0) is 6.30 Å². The normalized spacial score (nSPS) is 15.0. The summed E-state index contributed by atoms with van der Waals surface area (Å²) in [4.78, 5) is 12.4. The van der Waals surface area contributed by atoms with Gasteiger partial charge in [0.1, 0.15) is 17.8 Å². The molecule has 1 aromatic carbocycles. The van der Waals surface area contributed by atoms with Crippen molar-refractivity contribution in [2.45, 2.75) is 32.0 Å². The Hall–Kier alpha value is -2.97. The van der Waals surface area contributed by atoms with E-state index in [9.17, 15) is 17.6 Å². The summed E-state index contributed by atoms with van der Waals surface area (Å²) >= 11 is 0. The lowest BCUT2D eigenvalue weighted by molar-refractivity contribution is -0.202. The average Bonchev–Trinajstić information content (AvgIpc) is 3.37. The van der Waals surface area contributed by atoms with Crippen molar-refractivity contribution in [3.63, 3.8) is 0 Å². The van der Waals surface area contributed by atoms with Crippen LogP contribution in [0.4, 0.5) is 23.5 Å². The van der Waals surface area contributed by atoms with Gasteiger partial charge in [-0.25, -0.2) is 23.9 Å². The Bertz CT molecular complexity index is 975. The molecule has 1 aliphatic rings. The molecule has 29 heavy (non-hydrogen) atoms. The highest BCUT2D eigenvalue weighted by Crippen LogP contribution is 2.36. The Balaban J connectivity index is 1.71. The first-order valence-electron chi connectivity index (χ1n) is 9.39. The van der Waals surface area contributed by atoms with Crippen LogP contribution >= 0.6 is 0 Å². The Morgan fingerprint density at radius 1 is 1.03 bits per heavy atom. The first-order valence-corrected chi connectivity index (χ1v) is 9.39. The van der Waals surface area contributed by atoms with E-state index in [1.807, 2.05) is 0 Å². The summed E-state index contributed by atoms with van der Waals surface area (Å²) in [6, 6.07) is 6.55. The average molecular weight is 405 g/mol. The number of nitrogens with one attached hydrogen (secondary N) is 1. The Labute approximate surface area is 164 Å². The third kappa shape index (κ3) is 4.23. The smallest absolute Gasteiger partial charge is 0.354 e. The van der Waals surface area contributed by atoms with Crippen molar-refractivity contribution in [1.29, 1.82) is 0 Å². The van der Waals surface area contributed by atoms with Crippen molar-refractivity contribution < 1.29 is 17.6 Å². The summed E-state index contributed by atoms with van der Waals surface area (Å²) in [7, 11) is 0. The molecule has 1 fully saturated rings. The van der Waals surface area contributed by atoms with E-state index in [-0.39, 0.29) is 27.6 Å². The molecule has 9 heteroatoms. The Kier molecular flexibility index (Phi) is 5.21. The van der Waals surface area contributed by atoms with Crippen molar-refractivity contribution in [3.8, 4) is 22.6 Å². The largest absolute Gasteiger partial charge is 0.490 e. The second kappa shape index (κ2) is 7.81. The summed E-state index contributed by atoms with van der Waals surface area (Å²) in [6.45, 7) is 0.687. The molecule has 0 atom stereocenters. The molecule has 1 N–H and O–H groups in total. The molecule has 4 rings (SSSR count). The SMILES string of the molecule is Fc1ccc(-c2ncn(C(F)(F)F)c2-c2ccnc(NCC3CCCC3)n2)cc1. The highest BCUT2D eigenvalue weighted by molar-refractivity contribution is 5.77. The number of hydrogen-bond donors (Lipinski definition) is 1. The van der Waals surface area contributed by atoms with Crippen LogP contribution in [0.3, 0.4) is 0 Å². The third-order valence-electron chi connectivity index (χ3n) is 5.08. The zero-order valence-corrected chi connectivity index (χ0v) is 15.5. The zero-order chi connectivity index (χ0) is 20.4. The molecule has 152 valence electrons. The molecule has 1 aliphatic carbocycles. The predicted molar refractivity (Wildman–Crippen MR) is 100 cm³/mol. The molecule has 0 bridgehead atoms. The van der Waals surface area contributed by atoms with Gasteiger partial charge in [-0.15, -0.1) is 13.2 Å². The van der Waals surface area contributed by atoms with Gasteiger partial charge in [0.05, 0.1) is 11.4 Å². The quantitative estimate of drug-likeness (QED) is 0.591. The highest BCUT2D eigenvalue weighted by Gasteiger charge is 2.35. The maximum absolute atomic E-state index is 13.6. The predicted octanol–water partition coefficient (Wildman–Crippen LogP) is 5.22. The van der Waals surface area contributed by atoms with Crippen molar-refractivity contribution in [2.24, 2.45) is 5.92 Å². The summed E-state index contributed by atoms with van der Waals surface area (Å²) < 4.78 is 54.1. The van der Waals surface area contributed by atoms with Gasteiger partial charge < -0.3 is 5.32 Å². The van der Waals surface area contributed by atoms with Gasteiger partial charge in [-0.05, 0) is 49.1 Å².